The number of Topliss-reactive ketones (excluding diaryl/α,β-unsaturated/α-hetero) is 1. The van der Waals surface area contributed by atoms with Crippen molar-refractivity contribution in [2.75, 3.05) is 31.2 Å². The van der Waals surface area contributed by atoms with Crippen molar-refractivity contribution in [3.63, 3.8) is 0 Å². The number of hydrogen-bond acceptors (Lipinski definition) is 9. The molecule has 2 aromatic carbocycles. The van der Waals surface area contributed by atoms with Gasteiger partial charge in [0.1, 0.15) is 11.5 Å². The fourth-order valence-electron chi connectivity index (χ4n) is 2.49. The zero-order chi connectivity index (χ0) is 21.5. The second-order valence-corrected chi connectivity index (χ2v) is 7.10. The number of thioether (sulfide) groups is 1. The number of ketones is 1. The molecule has 0 unspecified atom stereocenters. The number of carbonyl (C=O) groups excluding carboxylic acids is 1. The van der Waals surface area contributed by atoms with E-state index in [2.05, 4.69) is 20.7 Å². The number of hydrogen-bond donors (Lipinski definition) is 2. The molecule has 1 heterocycles. The Hall–Kier alpha value is -3.53. The van der Waals surface area contributed by atoms with Gasteiger partial charge in [0, 0.05) is 5.56 Å². The van der Waals surface area contributed by atoms with Crippen LogP contribution in [0.5, 0.6) is 11.5 Å². The number of hydrazone groups is 1. The number of anilines is 1. The number of methoxy groups -OCH3 is 2. The lowest BCUT2D eigenvalue weighted by molar-refractivity contribution is 0.102. The lowest BCUT2D eigenvalue weighted by Gasteiger charge is -2.06. The number of nitrogens with one attached hydrogen (secondary N) is 1. The lowest BCUT2D eigenvalue weighted by Crippen LogP contribution is -2.14. The molecule has 0 aliphatic carbocycles. The minimum atomic E-state index is -0.0650. The van der Waals surface area contributed by atoms with Gasteiger partial charge in [0.2, 0.25) is 5.16 Å². The average molecular weight is 427 g/mol. The van der Waals surface area contributed by atoms with Crippen molar-refractivity contribution in [2.24, 2.45) is 5.10 Å². The van der Waals surface area contributed by atoms with Gasteiger partial charge in [0.05, 0.1) is 25.7 Å². The van der Waals surface area contributed by atoms with Gasteiger partial charge in [-0.2, -0.15) is 5.10 Å². The molecular formula is C20H22N6O3S. The first-order valence-corrected chi connectivity index (χ1v) is 9.95. The van der Waals surface area contributed by atoms with Crippen molar-refractivity contribution < 1.29 is 14.3 Å². The average Bonchev–Trinajstić information content (AvgIpc) is 3.15. The maximum atomic E-state index is 12.4. The predicted octanol–water partition coefficient (Wildman–Crippen LogP) is 2.82. The molecule has 0 fully saturated rings. The third-order valence-electron chi connectivity index (χ3n) is 4.22. The molecular weight excluding hydrogens is 404 g/mol. The predicted molar refractivity (Wildman–Crippen MR) is 117 cm³/mol. The minimum absolute atomic E-state index is 0.0650. The Labute approximate surface area is 178 Å². The molecule has 0 amide bonds. The van der Waals surface area contributed by atoms with E-state index >= 15 is 0 Å². The van der Waals surface area contributed by atoms with Gasteiger partial charge in [-0.3, -0.25) is 4.79 Å². The first kappa shape index (κ1) is 21.2. The van der Waals surface area contributed by atoms with E-state index in [1.54, 1.807) is 38.5 Å². The maximum absolute atomic E-state index is 12.4. The van der Waals surface area contributed by atoms with Crippen LogP contribution < -0.4 is 20.7 Å². The van der Waals surface area contributed by atoms with Gasteiger partial charge in [-0.1, -0.05) is 23.9 Å². The topological polar surface area (TPSA) is 117 Å². The second-order valence-electron chi connectivity index (χ2n) is 6.16. The van der Waals surface area contributed by atoms with Crippen molar-refractivity contribution in [3.8, 4) is 11.5 Å². The number of nitrogen functional groups attached to an aromatic ring is 1. The summed E-state index contributed by atoms with van der Waals surface area (Å²) in [5.74, 6) is 7.79. The summed E-state index contributed by atoms with van der Waals surface area (Å²) in [6, 6.07) is 14.5. The molecule has 156 valence electrons. The lowest BCUT2D eigenvalue weighted by atomic mass is 10.1. The second kappa shape index (κ2) is 9.79. The third kappa shape index (κ3) is 5.09. The van der Waals surface area contributed by atoms with E-state index in [9.17, 15) is 4.79 Å². The van der Waals surface area contributed by atoms with Crippen LogP contribution in [0.2, 0.25) is 0 Å². The standard InChI is InChI=1S/C20H22N6O3S/c1-13(14-7-9-16(28-2)10-8-14)22-23-19-24-25-20(26(19)21)30-12-18(27)15-5-4-6-17(11-15)29-3/h4-11H,12,21H2,1-3H3,(H,23,24)/b22-13+. The molecule has 0 spiro atoms. The summed E-state index contributed by atoms with van der Waals surface area (Å²) >= 11 is 1.19. The minimum Gasteiger partial charge on any atom is -0.497 e. The van der Waals surface area contributed by atoms with Crippen molar-refractivity contribution in [1.29, 1.82) is 0 Å². The molecule has 3 N–H and O–H groups in total. The van der Waals surface area contributed by atoms with Crippen LogP contribution in [-0.4, -0.2) is 46.3 Å². The van der Waals surface area contributed by atoms with E-state index in [0.29, 0.717) is 16.5 Å². The molecule has 9 nitrogen and oxygen atoms in total. The van der Waals surface area contributed by atoms with Gasteiger partial charge in [-0.25, -0.2) is 10.1 Å². The monoisotopic (exact) mass is 426 g/mol. The quantitative estimate of drug-likeness (QED) is 0.176. The van der Waals surface area contributed by atoms with Crippen LogP contribution >= 0.6 is 11.8 Å². The normalized spacial score (nSPS) is 11.2. The summed E-state index contributed by atoms with van der Waals surface area (Å²) in [6.07, 6.45) is 0. The molecule has 0 aliphatic heterocycles. The van der Waals surface area contributed by atoms with Crippen molar-refractivity contribution in [1.82, 2.24) is 14.9 Å². The molecule has 3 rings (SSSR count). The van der Waals surface area contributed by atoms with Crippen LogP contribution in [0, 0.1) is 0 Å². The van der Waals surface area contributed by atoms with Gasteiger partial charge < -0.3 is 15.3 Å². The smallest absolute Gasteiger partial charge is 0.264 e. The van der Waals surface area contributed by atoms with Crippen LogP contribution in [0.4, 0.5) is 5.95 Å². The number of benzene rings is 2. The first-order valence-electron chi connectivity index (χ1n) is 8.97. The Kier molecular flexibility index (Phi) is 6.91. The Morgan fingerprint density at radius 2 is 1.83 bits per heavy atom. The van der Waals surface area contributed by atoms with Gasteiger partial charge >= 0.3 is 0 Å². The summed E-state index contributed by atoms with van der Waals surface area (Å²) in [5, 5.41) is 12.7. The van der Waals surface area contributed by atoms with Crippen LogP contribution in [0.15, 0.2) is 58.8 Å². The van der Waals surface area contributed by atoms with E-state index in [1.807, 2.05) is 31.2 Å². The summed E-state index contributed by atoms with van der Waals surface area (Å²) in [5.41, 5.74) is 5.02. The fourth-order valence-corrected chi connectivity index (χ4v) is 3.24. The molecule has 0 radical (unpaired) electrons. The largest absolute Gasteiger partial charge is 0.497 e. The van der Waals surface area contributed by atoms with Crippen LogP contribution in [0.25, 0.3) is 0 Å². The van der Waals surface area contributed by atoms with E-state index in [0.717, 1.165) is 17.0 Å². The highest BCUT2D eigenvalue weighted by molar-refractivity contribution is 7.99. The Bertz CT molecular complexity index is 1050. The summed E-state index contributed by atoms with van der Waals surface area (Å²) in [7, 11) is 3.17. The fraction of sp³-hybridized carbons (Fsp3) is 0.200. The van der Waals surface area contributed by atoms with Gasteiger partial charge in [-0.15, -0.1) is 10.2 Å². The van der Waals surface area contributed by atoms with E-state index in [1.165, 1.54) is 16.4 Å². The zero-order valence-corrected chi connectivity index (χ0v) is 17.6. The number of nitrogens with zero attached hydrogens (tertiary/aromatic N) is 4. The molecule has 30 heavy (non-hydrogen) atoms. The van der Waals surface area contributed by atoms with Crippen molar-refractivity contribution in [2.45, 2.75) is 12.1 Å². The number of nitrogens with two attached hydrogens (primary N) is 1. The highest BCUT2D eigenvalue weighted by Crippen LogP contribution is 2.20. The first-order chi connectivity index (χ1) is 14.5. The summed E-state index contributed by atoms with van der Waals surface area (Å²) in [6.45, 7) is 1.86. The van der Waals surface area contributed by atoms with Gasteiger partial charge in [0.15, 0.2) is 5.78 Å². The molecule has 0 saturated carbocycles. The molecule has 0 bridgehead atoms. The van der Waals surface area contributed by atoms with E-state index in [-0.39, 0.29) is 17.5 Å². The molecule has 0 aliphatic rings. The van der Waals surface area contributed by atoms with Crippen LogP contribution in [-0.2, 0) is 0 Å². The van der Waals surface area contributed by atoms with E-state index in [4.69, 9.17) is 15.3 Å². The van der Waals surface area contributed by atoms with Crippen molar-refractivity contribution >= 4 is 29.2 Å². The molecule has 0 atom stereocenters. The van der Waals surface area contributed by atoms with E-state index < -0.39 is 0 Å². The Balaban J connectivity index is 1.61. The zero-order valence-electron chi connectivity index (χ0n) is 16.8. The third-order valence-corrected chi connectivity index (χ3v) is 5.16. The number of carbonyl (C=O) groups is 1. The molecule has 1 aromatic heterocycles. The Morgan fingerprint density at radius 3 is 2.53 bits per heavy atom. The van der Waals surface area contributed by atoms with Gasteiger partial charge in [-0.05, 0) is 48.9 Å². The SMILES string of the molecule is COc1ccc(/C(C)=N/Nc2nnc(SCC(=O)c3cccc(OC)c3)n2N)cc1. The highest BCUT2D eigenvalue weighted by atomic mass is 32.2. The molecule has 10 heteroatoms. The molecule has 0 saturated heterocycles. The number of aromatic nitrogens is 3. The van der Waals surface area contributed by atoms with Crippen molar-refractivity contribution in [3.05, 3.63) is 59.7 Å². The highest BCUT2D eigenvalue weighted by Gasteiger charge is 2.14. The van der Waals surface area contributed by atoms with Crippen LogP contribution in [0.1, 0.15) is 22.8 Å². The number of rotatable bonds is 9. The maximum Gasteiger partial charge on any atom is 0.264 e. The molecule has 3 aromatic rings. The summed E-state index contributed by atoms with van der Waals surface area (Å²) < 4.78 is 11.6. The Morgan fingerprint density at radius 1 is 1.10 bits per heavy atom. The number of ether oxygens (including phenoxy) is 2. The van der Waals surface area contributed by atoms with Gasteiger partial charge in [0.25, 0.3) is 5.95 Å². The summed E-state index contributed by atoms with van der Waals surface area (Å²) in [4.78, 5) is 12.4. The van der Waals surface area contributed by atoms with Crippen LogP contribution in [0.3, 0.4) is 0 Å².